The molecule has 1 unspecified atom stereocenters. The number of thiocarbonyl (C=S) groups is 1. The van der Waals surface area contributed by atoms with Gasteiger partial charge in [0, 0.05) is 5.69 Å². The van der Waals surface area contributed by atoms with Gasteiger partial charge in [-0.05, 0) is 26.0 Å². The van der Waals surface area contributed by atoms with E-state index < -0.39 is 6.04 Å². The van der Waals surface area contributed by atoms with Gasteiger partial charge >= 0.3 is 5.97 Å². The molecule has 0 saturated carbocycles. The van der Waals surface area contributed by atoms with Crippen molar-refractivity contribution in [2.45, 2.75) is 19.9 Å². The van der Waals surface area contributed by atoms with E-state index in [-0.39, 0.29) is 11.0 Å². The number of hydrogen-bond acceptors (Lipinski definition) is 5. The van der Waals surface area contributed by atoms with Crippen molar-refractivity contribution in [2.75, 3.05) is 12.4 Å². The molecule has 0 bridgehead atoms. The number of aromatic nitrogens is 1. The number of esters is 1. The van der Waals surface area contributed by atoms with Gasteiger partial charge in [0.25, 0.3) is 0 Å². The summed E-state index contributed by atoms with van der Waals surface area (Å²) in [7, 11) is 1.33. The normalized spacial score (nSPS) is 11.7. The van der Waals surface area contributed by atoms with Crippen molar-refractivity contribution >= 4 is 29.0 Å². The zero-order chi connectivity index (χ0) is 13.0. The molecule has 0 radical (unpaired) electrons. The minimum Gasteiger partial charge on any atom is -0.467 e. The van der Waals surface area contributed by atoms with Crippen molar-refractivity contribution in [1.29, 1.82) is 0 Å². The third kappa shape index (κ3) is 3.39. The Morgan fingerprint density at radius 2 is 2.24 bits per heavy atom. The van der Waals surface area contributed by atoms with Crippen molar-refractivity contribution in [3.8, 4) is 0 Å². The maximum absolute atomic E-state index is 11.3. The van der Waals surface area contributed by atoms with E-state index in [0.29, 0.717) is 11.4 Å². The predicted molar refractivity (Wildman–Crippen MR) is 70.0 cm³/mol. The minimum absolute atomic E-state index is 0.233. The van der Waals surface area contributed by atoms with Crippen LogP contribution in [0.4, 0.5) is 5.82 Å². The van der Waals surface area contributed by atoms with Gasteiger partial charge < -0.3 is 15.8 Å². The topological polar surface area (TPSA) is 77.2 Å². The highest BCUT2D eigenvalue weighted by molar-refractivity contribution is 7.80. The summed E-state index contributed by atoms with van der Waals surface area (Å²) in [6.45, 7) is 3.52. The standard InChI is InChI=1S/C11H15N3O2S/c1-6-4-5-8(9(12)17)10(13-6)14-7(2)11(15)16-3/h4-5,7H,1-3H3,(H2,12,17)(H,13,14). The summed E-state index contributed by atoms with van der Waals surface area (Å²) in [4.78, 5) is 15.8. The van der Waals surface area contributed by atoms with Crippen LogP contribution < -0.4 is 11.1 Å². The highest BCUT2D eigenvalue weighted by Gasteiger charge is 2.16. The Hall–Kier alpha value is -1.69. The summed E-state index contributed by atoms with van der Waals surface area (Å²) in [5, 5.41) is 2.93. The van der Waals surface area contributed by atoms with Gasteiger partial charge in [0.15, 0.2) is 0 Å². The molecule has 3 N–H and O–H groups in total. The molecule has 1 aromatic rings. The van der Waals surface area contributed by atoms with Crippen LogP contribution in [0, 0.1) is 6.92 Å². The van der Waals surface area contributed by atoms with Crippen LogP contribution in [0.2, 0.25) is 0 Å². The van der Waals surface area contributed by atoms with Gasteiger partial charge in [0.05, 0.1) is 12.7 Å². The number of ether oxygens (including phenoxy) is 1. The smallest absolute Gasteiger partial charge is 0.328 e. The number of rotatable bonds is 4. The number of methoxy groups -OCH3 is 1. The van der Waals surface area contributed by atoms with Crippen molar-refractivity contribution in [2.24, 2.45) is 5.73 Å². The first-order valence-corrected chi connectivity index (χ1v) is 5.48. The lowest BCUT2D eigenvalue weighted by molar-refractivity contribution is -0.141. The second kappa shape index (κ2) is 5.58. The Balaban J connectivity index is 3.00. The van der Waals surface area contributed by atoms with Crippen molar-refractivity contribution in [1.82, 2.24) is 4.98 Å². The van der Waals surface area contributed by atoms with E-state index in [9.17, 15) is 4.79 Å². The molecule has 0 amide bonds. The minimum atomic E-state index is -0.512. The summed E-state index contributed by atoms with van der Waals surface area (Å²) in [5.74, 6) is 0.123. The Kier molecular flexibility index (Phi) is 4.39. The average Bonchev–Trinajstić information content (AvgIpc) is 2.27. The van der Waals surface area contributed by atoms with Crippen LogP contribution in [0.1, 0.15) is 18.2 Å². The molecule has 1 rings (SSSR count). The molecule has 92 valence electrons. The molecular formula is C11H15N3O2S. The maximum Gasteiger partial charge on any atom is 0.328 e. The summed E-state index contributed by atoms with van der Waals surface area (Å²) in [6, 6.07) is 3.07. The summed E-state index contributed by atoms with van der Waals surface area (Å²) in [5.41, 5.74) is 7.01. The van der Waals surface area contributed by atoms with Crippen LogP contribution in [0.5, 0.6) is 0 Å². The third-order valence-corrected chi connectivity index (χ3v) is 2.43. The van der Waals surface area contributed by atoms with Gasteiger partial charge in [0.1, 0.15) is 16.8 Å². The molecule has 0 fully saturated rings. The maximum atomic E-state index is 11.3. The van der Waals surface area contributed by atoms with Crippen LogP contribution in [0.15, 0.2) is 12.1 Å². The first-order chi connectivity index (χ1) is 7.95. The fourth-order valence-electron chi connectivity index (χ4n) is 1.31. The number of nitrogens with two attached hydrogens (primary N) is 1. The van der Waals surface area contributed by atoms with Gasteiger partial charge in [-0.25, -0.2) is 9.78 Å². The number of carbonyl (C=O) groups is 1. The lowest BCUT2D eigenvalue weighted by atomic mass is 10.2. The SMILES string of the molecule is COC(=O)C(C)Nc1nc(C)ccc1C(N)=S. The predicted octanol–water partition coefficient (Wildman–Crippen LogP) is 0.998. The van der Waals surface area contributed by atoms with E-state index >= 15 is 0 Å². The highest BCUT2D eigenvalue weighted by Crippen LogP contribution is 2.14. The van der Waals surface area contributed by atoms with E-state index in [4.69, 9.17) is 18.0 Å². The van der Waals surface area contributed by atoms with Crippen molar-refractivity contribution in [3.05, 3.63) is 23.4 Å². The van der Waals surface area contributed by atoms with Gasteiger partial charge in [0.2, 0.25) is 0 Å². The number of carbonyl (C=O) groups excluding carboxylic acids is 1. The van der Waals surface area contributed by atoms with E-state index in [1.54, 1.807) is 13.0 Å². The lowest BCUT2D eigenvalue weighted by Gasteiger charge is -2.15. The van der Waals surface area contributed by atoms with Crippen LogP contribution in [0.3, 0.4) is 0 Å². The molecule has 0 aliphatic heterocycles. The summed E-state index contributed by atoms with van der Waals surface area (Å²) >= 11 is 4.92. The molecule has 1 atom stereocenters. The number of pyridine rings is 1. The molecule has 5 nitrogen and oxygen atoms in total. The molecule has 0 aliphatic rings. The number of aryl methyl sites for hydroxylation is 1. The van der Waals surface area contributed by atoms with Crippen LogP contribution in [0.25, 0.3) is 0 Å². The van der Waals surface area contributed by atoms with Crippen molar-refractivity contribution in [3.63, 3.8) is 0 Å². The second-order valence-corrected chi connectivity index (χ2v) is 4.04. The lowest BCUT2D eigenvalue weighted by Crippen LogP contribution is -2.29. The van der Waals surface area contributed by atoms with E-state index in [2.05, 4.69) is 15.0 Å². The number of nitrogens with one attached hydrogen (secondary N) is 1. The first kappa shape index (κ1) is 13.4. The molecule has 1 aromatic heterocycles. The number of nitrogens with zero attached hydrogens (tertiary/aromatic N) is 1. The van der Waals surface area contributed by atoms with E-state index in [0.717, 1.165) is 5.69 Å². The zero-order valence-electron chi connectivity index (χ0n) is 9.98. The zero-order valence-corrected chi connectivity index (χ0v) is 10.8. The van der Waals surface area contributed by atoms with E-state index in [1.807, 2.05) is 13.0 Å². The molecule has 6 heteroatoms. The molecular weight excluding hydrogens is 238 g/mol. The fourth-order valence-corrected chi connectivity index (χ4v) is 1.47. The Bertz CT molecular complexity index is 448. The highest BCUT2D eigenvalue weighted by atomic mass is 32.1. The monoisotopic (exact) mass is 253 g/mol. The van der Waals surface area contributed by atoms with E-state index in [1.165, 1.54) is 7.11 Å². The fraction of sp³-hybridized carbons (Fsp3) is 0.364. The van der Waals surface area contributed by atoms with Crippen LogP contribution in [-0.4, -0.2) is 29.1 Å². The summed E-state index contributed by atoms with van der Waals surface area (Å²) < 4.78 is 4.62. The number of anilines is 1. The van der Waals surface area contributed by atoms with Gasteiger partial charge in [-0.2, -0.15) is 0 Å². The van der Waals surface area contributed by atoms with Crippen LogP contribution >= 0.6 is 12.2 Å². The largest absolute Gasteiger partial charge is 0.467 e. The molecule has 17 heavy (non-hydrogen) atoms. The first-order valence-electron chi connectivity index (χ1n) is 5.07. The Morgan fingerprint density at radius 1 is 1.59 bits per heavy atom. The molecule has 0 saturated heterocycles. The Labute approximate surface area is 105 Å². The molecule has 0 spiro atoms. The number of hydrogen-bond donors (Lipinski definition) is 2. The van der Waals surface area contributed by atoms with Crippen LogP contribution in [-0.2, 0) is 9.53 Å². The quantitative estimate of drug-likeness (QED) is 0.615. The second-order valence-electron chi connectivity index (χ2n) is 3.60. The molecule has 0 aliphatic carbocycles. The Morgan fingerprint density at radius 3 is 2.76 bits per heavy atom. The average molecular weight is 253 g/mol. The molecule has 1 heterocycles. The van der Waals surface area contributed by atoms with Gasteiger partial charge in [-0.3, -0.25) is 0 Å². The molecule has 0 aromatic carbocycles. The van der Waals surface area contributed by atoms with Gasteiger partial charge in [-0.15, -0.1) is 0 Å². The summed E-state index contributed by atoms with van der Waals surface area (Å²) in [6.07, 6.45) is 0. The van der Waals surface area contributed by atoms with Gasteiger partial charge in [-0.1, -0.05) is 12.2 Å². The van der Waals surface area contributed by atoms with Crippen molar-refractivity contribution < 1.29 is 9.53 Å². The third-order valence-electron chi connectivity index (χ3n) is 2.21.